The van der Waals surface area contributed by atoms with E-state index in [1.54, 1.807) is 0 Å². The zero-order chi connectivity index (χ0) is 13.1. The zero-order valence-corrected chi connectivity index (χ0v) is 11.5. The highest BCUT2D eigenvalue weighted by molar-refractivity contribution is 4.91. The number of aromatic nitrogens is 2. The molecule has 18 heavy (non-hydrogen) atoms. The molecule has 1 aromatic rings. The number of piperidine rings is 1. The summed E-state index contributed by atoms with van der Waals surface area (Å²) in [5.74, 6) is 1.85. The molecule has 0 spiro atoms. The first-order valence-electron chi connectivity index (χ1n) is 6.86. The number of nitrogens with zero attached hydrogens (tertiary/aromatic N) is 3. The summed E-state index contributed by atoms with van der Waals surface area (Å²) in [6.07, 6.45) is 2.66. The van der Waals surface area contributed by atoms with E-state index in [1.165, 1.54) is 0 Å². The molecule has 1 aromatic heterocycles. The number of hydrogen-bond donors (Lipinski definition) is 1. The van der Waals surface area contributed by atoms with Gasteiger partial charge in [-0.1, -0.05) is 6.92 Å². The van der Waals surface area contributed by atoms with Gasteiger partial charge in [-0.3, -0.25) is 4.90 Å². The fraction of sp³-hybridized carbons (Fsp3) is 0.846. The third-order valence-electron chi connectivity index (χ3n) is 3.95. The normalized spacial score (nSPS) is 22.0. The van der Waals surface area contributed by atoms with Crippen LogP contribution in [0.5, 0.6) is 0 Å². The minimum absolute atomic E-state index is 0.174. The van der Waals surface area contributed by atoms with E-state index in [2.05, 4.69) is 22.0 Å². The van der Waals surface area contributed by atoms with E-state index >= 15 is 0 Å². The fourth-order valence-corrected chi connectivity index (χ4v) is 2.52. The molecule has 2 unspecified atom stereocenters. The zero-order valence-electron chi connectivity index (χ0n) is 11.5. The summed E-state index contributed by atoms with van der Waals surface area (Å²) in [6.45, 7) is 7.97. The lowest BCUT2D eigenvalue weighted by atomic mass is 9.91. The quantitative estimate of drug-likeness (QED) is 0.886. The molecular formula is C13H23N3O2. The van der Waals surface area contributed by atoms with Gasteiger partial charge in [0.1, 0.15) is 0 Å². The van der Waals surface area contributed by atoms with Gasteiger partial charge in [0.05, 0.1) is 12.1 Å². The van der Waals surface area contributed by atoms with Crippen molar-refractivity contribution in [3.8, 4) is 0 Å². The maximum Gasteiger partial charge on any atom is 0.233 e. The maximum absolute atomic E-state index is 9.59. The maximum atomic E-state index is 9.59. The highest BCUT2D eigenvalue weighted by Crippen LogP contribution is 2.27. The molecular weight excluding hydrogens is 230 g/mol. The van der Waals surface area contributed by atoms with Gasteiger partial charge in [-0.25, -0.2) is 0 Å². The van der Waals surface area contributed by atoms with Gasteiger partial charge in [0, 0.05) is 6.42 Å². The van der Waals surface area contributed by atoms with Crippen LogP contribution in [0.3, 0.4) is 0 Å². The van der Waals surface area contributed by atoms with Crippen LogP contribution in [-0.2, 0) is 6.42 Å². The molecule has 0 saturated carbocycles. The lowest BCUT2D eigenvalue weighted by Crippen LogP contribution is -2.38. The smallest absolute Gasteiger partial charge is 0.233 e. The van der Waals surface area contributed by atoms with Gasteiger partial charge in [-0.05, 0) is 45.7 Å². The van der Waals surface area contributed by atoms with Gasteiger partial charge in [-0.2, -0.15) is 0 Å². The van der Waals surface area contributed by atoms with E-state index in [0.717, 1.165) is 32.4 Å². The summed E-state index contributed by atoms with van der Waals surface area (Å²) in [7, 11) is 0. The Bertz CT molecular complexity index is 370. The van der Waals surface area contributed by atoms with Crippen molar-refractivity contribution >= 4 is 0 Å². The highest BCUT2D eigenvalue weighted by Gasteiger charge is 2.28. The van der Waals surface area contributed by atoms with Crippen molar-refractivity contribution in [2.45, 2.75) is 52.2 Å². The van der Waals surface area contributed by atoms with Crippen LogP contribution < -0.4 is 0 Å². The molecule has 102 valence electrons. The topological polar surface area (TPSA) is 62.4 Å². The first-order valence-corrected chi connectivity index (χ1v) is 6.86. The van der Waals surface area contributed by atoms with Crippen molar-refractivity contribution in [2.75, 3.05) is 13.1 Å². The SMILES string of the molecule is CCc1nnc(C(C)N2CCC(C(C)O)CC2)o1. The minimum atomic E-state index is -0.197. The van der Waals surface area contributed by atoms with Crippen molar-refractivity contribution in [1.82, 2.24) is 15.1 Å². The van der Waals surface area contributed by atoms with Crippen LogP contribution in [0.2, 0.25) is 0 Å². The van der Waals surface area contributed by atoms with Gasteiger partial charge in [0.15, 0.2) is 0 Å². The monoisotopic (exact) mass is 253 g/mol. The second kappa shape index (κ2) is 5.80. The first-order chi connectivity index (χ1) is 8.61. The summed E-state index contributed by atoms with van der Waals surface area (Å²) in [4.78, 5) is 2.35. The standard InChI is InChI=1S/C13H23N3O2/c1-4-12-14-15-13(18-12)9(2)16-7-5-11(6-8-16)10(3)17/h9-11,17H,4-8H2,1-3H3. The van der Waals surface area contributed by atoms with Gasteiger partial charge in [-0.15, -0.1) is 10.2 Å². The predicted molar refractivity (Wildman–Crippen MR) is 68.1 cm³/mol. The summed E-state index contributed by atoms with van der Waals surface area (Å²) >= 11 is 0. The Balaban J connectivity index is 1.92. The van der Waals surface area contributed by atoms with E-state index in [0.29, 0.717) is 17.7 Å². The molecule has 1 saturated heterocycles. The molecule has 0 aliphatic carbocycles. The molecule has 1 aliphatic heterocycles. The average molecular weight is 253 g/mol. The number of aryl methyl sites for hydroxylation is 1. The minimum Gasteiger partial charge on any atom is -0.424 e. The molecule has 2 heterocycles. The van der Waals surface area contributed by atoms with Crippen molar-refractivity contribution in [3.05, 3.63) is 11.8 Å². The number of likely N-dealkylation sites (tertiary alicyclic amines) is 1. The average Bonchev–Trinajstić information content (AvgIpc) is 2.86. The van der Waals surface area contributed by atoms with Crippen LogP contribution in [0, 0.1) is 5.92 Å². The molecule has 5 nitrogen and oxygen atoms in total. The third kappa shape index (κ3) is 2.90. The van der Waals surface area contributed by atoms with Crippen LogP contribution in [0.25, 0.3) is 0 Å². The number of rotatable bonds is 4. The van der Waals surface area contributed by atoms with Gasteiger partial charge in [0.25, 0.3) is 0 Å². The van der Waals surface area contributed by atoms with Crippen LogP contribution in [0.15, 0.2) is 4.42 Å². The summed E-state index contributed by atoms with van der Waals surface area (Å²) in [5, 5.41) is 17.7. The van der Waals surface area contributed by atoms with Crippen molar-refractivity contribution in [1.29, 1.82) is 0 Å². The van der Waals surface area contributed by atoms with E-state index in [9.17, 15) is 5.11 Å². The Morgan fingerprint density at radius 1 is 1.33 bits per heavy atom. The molecule has 2 rings (SSSR count). The lowest BCUT2D eigenvalue weighted by molar-refractivity contribution is 0.0535. The van der Waals surface area contributed by atoms with E-state index in [4.69, 9.17) is 4.42 Å². The van der Waals surface area contributed by atoms with Gasteiger partial charge in [0.2, 0.25) is 11.8 Å². The fourth-order valence-electron chi connectivity index (χ4n) is 2.52. The Morgan fingerprint density at radius 2 is 2.00 bits per heavy atom. The van der Waals surface area contributed by atoms with E-state index < -0.39 is 0 Å². The summed E-state index contributed by atoms with van der Waals surface area (Å²) < 4.78 is 5.61. The van der Waals surface area contributed by atoms with Crippen LogP contribution in [-0.4, -0.2) is 39.4 Å². The molecule has 0 radical (unpaired) electrons. The van der Waals surface area contributed by atoms with Crippen molar-refractivity contribution in [3.63, 3.8) is 0 Å². The molecule has 1 fully saturated rings. The molecule has 0 amide bonds. The molecule has 0 aromatic carbocycles. The molecule has 2 atom stereocenters. The summed E-state index contributed by atoms with van der Waals surface area (Å²) in [5.41, 5.74) is 0. The van der Waals surface area contributed by atoms with Gasteiger partial charge < -0.3 is 9.52 Å². The van der Waals surface area contributed by atoms with Crippen molar-refractivity contribution < 1.29 is 9.52 Å². The van der Waals surface area contributed by atoms with Crippen molar-refractivity contribution in [2.24, 2.45) is 5.92 Å². The Morgan fingerprint density at radius 3 is 2.50 bits per heavy atom. The molecule has 1 N–H and O–H groups in total. The van der Waals surface area contributed by atoms with E-state index in [-0.39, 0.29) is 12.1 Å². The number of aliphatic hydroxyl groups excluding tert-OH is 1. The Labute approximate surface area is 108 Å². The third-order valence-corrected chi connectivity index (χ3v) is 3.95. The highest BCUT2D eigenvalue weighted by atomic mass is 16.4. The largest absolute Gasteiger partial charge is 0.424 e. The predicted octanol–water partition coefficient (Wildman–Crippen LogP) is 1.79. The van der Waals surface area contributed by atoms with E-state index in [1.807, 2.05) is 13.8 Å². The Kier molecular flexibility index (Phi) is 4.35. The molecule has 1 aliphatic rings. The second-order valence-corrected chi connectivity index (χ2v) is 5.18. The van der Waals surface area contributed by atoms with Crippen LogP contribution >= 0.6 is 0 Å². The first kappa shape index (κ1) is 13.5. The lowest BCUT2D eigenvalue weighted by Gasteiger charge is -2.35. The second-order valence-electron chi connectivity index (χ2n) is 5.18. The number of aliphatic hydroxyl groups is 1. The molecule has 5 heteroatoms. The Hall–Kier alpha value is -0.940. The van der Waals surface area contributed by atoms with Crippen LogP contribution in [0.1, 0.15) is 51.4 Å². The number of hydrogen-bond acceptors (Lipinski definition) is 5. The van der Waals surface area contributed by atoms with Crippen LogP contribution in [0.4, 0.5) is 0 Å². The van der Waals surface area contributed by atoms with Gasteiger partial charge >= 0.3 is 0 Å². The summed E-state index contributed by atoms with van der Waals surface area (Å²) in [6, 6.07) is 0.174. The molecule has 0 bridgehead atoms.